The van der Waals surface area contributed by atoms with Gasteiger partial charge in [0.1, 0.15) is 11.3 Å². The van der Waals surface area contributed by atoms with Crippen LogP contribution in [-0.4, -0.2) is 55.1 Å². The van der Waals surface area contributed by atoms with Gasteiger partial charge in [-0.1, -0.05) is 20.8 Å². The van der Waals surface area contributed by atoms with Crippen molar-refractivity contribution in [2.45, 2.75) is 64.1 Å². The number of nitrogens with zero attached hydrogens (tertiary/aromatic N) is 3. The summed E-state index contributed by atoms with van der Waals surface area (Å²) in [6, 6.07) is 0. The van der Waals surface area contributed by atoms with Crippen molar-refractivity contribution >= 4 is 5.91 Å². The van der Waals surface area contributed by atoms with E-state index in [0.29, 0.717) is 31.5 Å². The first kappa shape index (κ1) is 17.4. The highest BCUT2D eigenvalue weighted by molar-refractivity contribution is 5.80. The Hall–Kier alpha value is -1.47. The Labute approximate surface area is 142 Å². The summed E-state index contributed by atoms with van der Waals surface area (Å²) in [4.78, 5) is 14.3. The molecule has 7 heteroatoms. The second-order valence-corrected chi connectivity index (χ2v) is 8.79. The van der Waals surface area contributed by atoms with Gasteiger partial charge >= 0.3 is 0 Å². The monoisotopic (exact) mass is 336 g/mol. The highest BCUT2D eigenvalue weighted by Crippen LogP contribution is 2.44. The summed E-state index contributed by atoms with van der Waals surface area (Å²) in [7, 11) is 0. The van der Waals surface area contributed by atoms with E-state index in [1.165, 1.54) is 6.20 Å². The Morgan fingerprint density at radius 3 is 2.71 bits per heavy atom. The number of H-pyrrole nitrogens is 1. The number of likely N-dealkylation sites (tertiary alicyclic amines) is 1. The van der Waals surface area contributed by atoms with Crippen molar-refractivity contribution in [2.24, 2.45) is 11.3 Å². The second-order valence-electron chi connectivity index (χ2n) is 8.79. The third-order valence-corrected chi connectivity index (χ3v) is 5.39. The number of carbonyl (C=O) groups is 1. The van der Waals surface area contributed by atoms with Crippen molar-refractivity contribution in [2.75, 3.05) is 13.1 Å². The van der Waals surface area contributed by atoms with Gasteiger partial charge in [-0.15, -0.1) is 0 Å². The molecule has 0 aromatic carbocycles. The zero-order chi connectivity index (χ0) is 17.6. The topological polar surface area (TPSA) is 102 Å². The SMILES string of the molecule is CC(C)(C)CCC1(O)CC(C(=O)N2CC[C@@](O)(c3cn[nH]n3)C2)C1. The molecular weight excluding hydrogens is 308 g/mol. The summed E-state index contributed by atoms with van der Waals surface area (Å²) in [6.45, 7) is 7.24. The Bertz CT molecular complexity index is 589. The van der Waals surface area contributed by atoms with E-state index in [2.05, 4.69) is 36.2 Å². The lowest BCUT2D eigenvalue weighted by Crippen LogP contribution is -2.51. The van der Waals surface area contributed by atoms with Crippen molar-refractivity contribution in [1.82, 2.24) is 20.3 Å². The van der Waals surface area contributed by atoms with Gasteiger partial charge in [0.15, 0.2) is 0 Å². The molecule has 0 bridgehead atoms. The predicted molar refractivity (Wildman–Crippen MR) is 87.8 cm³/mol. The van der Waals surface area contributed by atoms with Gasteiger partial charge in [-0.2, -0.15) is 15.4 Å². The molecule has 1 atom stereocenters. The number of β-amino-alcohol motifs (C(OH)–C–C–N with tert-alkyl or cyclic N) is 1. The summed E-state index contributed by atoms with van der Waals surface area (Å²) in [5.41, 5.74) is -1.15. The first-order valence-corrected chi connectivity index (χ1v) is 8.70. The molecule has 7 nitrogen and oxygen atoms in total. The number of hydrogen-bond donors (Lipinski definition) is 3. The van der Waals surface area contributed by atoms with Crippen molar-refractivity contribution in [3.8, 4) is 0 Å². The van der Waals surface area contributed by atoms with E-state index in [4.69, 9.17) is 0 Å². The lowest BCUT2D eigenvalue weighted by molar-refractivity contribution is -0.153. The Morgan fingerprint density at radius 1 is 1.42 bits per heavy atom. The van der Waals surface area contributed by atoms with E-state index < -0.39 is 11.2 Å². The quantitative estimate of drug-likeness (QED) is 0.766. The van der Waals surface area contributed by atoms with E-state index in [9.17, 15) is 15.0 Å². The number of carbonyl (C=O) groups excluding carboxylic acids is 1. The Balaban J connectivity index is 1.52. The van der Waals surface area contributed by atoms with Crippen LogP contribution in [0.4, 0.5) is 0 Å². The van der Waals surface area contributed by atoms with Crippen molar-refractivity contribution in [3.63, 3.8) is 0 Å². The molecule has 3 N–H and O–H groups in total. The average molecular weight is 336 g/mol. The number of amides is 1. The van der Waals surface area contributed by atoms with Crippen molar-refractivity contribution < 1.29 is 15.0 Å². The molecule has 2 fully saturated rings. The molecule has 1 saturated heterocycles. The molecule has 1 amide bonds. The molecule has 2 heterocycles. The number of aromatic nitrogens is 3. The molecule has 0 spiro atoms. The molecule has 1 aliphatic heterocycles. The van der Waals surface area contributed by atoms with Gasteiger partial charge in [-0.3, -0.25) is 4.79 Å². The highest BCUT2D eigenvalue weighted by atomic mass is 16.3. The Kier molecular flexibility index (Phi) is 4.20. The van der Waals surface area contributed by atoms with Crippen molar-refractivity contribution in [3.05, 3.63) is 11.9 Å². The summed E-state index contributed by atoms with van der Waals surface area (Å²) in [5, 5.41) is 31.4. The maximum Gasteiger partial charge on any atom is 0.226 e. The molecule has 1 aromatic rings. The third kappa shape index (κ3) is 3.47. The van der Waals surface area contributed by atoms with E-state index in [1.807, 2.05) is 0 Å². The largest absolute Gasteiger partial charge is 0.390 e. The highest BCUT2D eigenvalue weighted by Gasteiger charge is 2.50. The smallest absolute Gasteiger partial charge is 0.226 e. The first-order chi connectivity index (χ1) is 11.1. The van der Waals surface area contributed by atoms with Gasteiger partial charge in [0, 0.05) is 18.9 Å². The fraction of sp³-hybridized carbons (Fsp3) is 0.824. The van der Waals surface area contributed by atoms with Crippen LogP contribution in [0.2, 0.25) is 0 Å². The van der Waals surface area contributed by atoms with E-state index in [1.54, 1.807) is 4.90 Å². The molecule has 134 valence electrons. The van der Waals surface area contributed by atoms with Crippen LogP contribution in [0.5, 0.6) is 0 Å². The van der Waals surface area contributed by atoms with E-state index in [0.717, 1.165) is 12.8 Å². The lowest BCUT2D eigenvalue weighted by Gasteiger charge is -2.45. The molecule has 1 aliphatic carbocycles. The number of rotatable bonds is 4. The number of nitrogens with one attached hydrogen (secondary N) is 1. The summed E-state index contributed by atoms with van der Waals surface area (Å²) in [5.74, 6) is -0.0931. The minimum absolute atomic E-state index is 0.0369. The fourth-order valence-corrected chi connectivity index (χ4v) is 3.72. The van der Waals surface area contributed by atoms with Crippen LogP contribution in [0.1, 0.15) is 58.6 Å². The van der Waals surface area contributed by atoms with Crippen LogP contribution < -0.4 is 0 Å². The number of hydrogen-bond acceptors (Lipinski definition) is 5. The van der Waals surface area contributed by atoms with Crippen molar-refractivity contribution in [1.29, 1.82) is 0 Å². The van der Waals surface area contributed by atoms with Gasteiger partial charge < -0.3 is 15.1 Å². The van der Waals surface area contributed by atoms with Gasteiger partial charge in [-0.05, 0) is 31.1 Å². The molecular formula is C17H28N4O3. The summed E-state index contributed by atoms with van der Waals surface area (Å²) >= 11 is 0. The lowest BCUT2D eigenvalue weighted by atomic mass is 9.66. The van der Waals surface area contributed by atoms with Gasteiger partial charge in [0.25, 0.3) is 0 Å². The zero-order valence-electron chi connectivity index (χ0n) is 14.7. The first-order valence-electron chi connectivity index (χ1n) is 8.70. The normalized spacial score (nSPS) is 33.5. The fourth-order valence-electron chi connectivity index (χ4n) is 3.72. The van der Waals surface area contributed by atoms with E-state index in [-0.39, 0.29) is 23.8 Å². The predicted octanol–water partition coefficient (Wildman–Crippen LogP) is 1.19. The van der Waals surface area contributed by atoms with E-state index >= 15 is 0 Å². The third-order valence-electron chi connectivity index (χ3n) is 5.39. The molecule has 2 aliphatic rings. The number of aliphatic hydroxyl groups is 2. The van der Waals surface area contributed by atoms with Crippen LogP contribution in [0.3, 0.4) is 0 Å². The van der Waals surface area contributed by atoms with Gasteiger partial charge in [0.05, 0.1) is 18.3 Å². The zero-order valence-corrected chi connectivity index (χ0v) is 14.7. The summed E-state index contributed by atoms with van der Waals surface area (Å²) in [6.07, 6.45) is 4.71. The maximum atomic E-state index is 12.6. The van der Waals surface area contributed by atoms with Crippen LogP contribution in [0, 0.1) is 11.3 Å². The average Bonchev–Trinajstić information content (AvgIpc) is 3.11. The van der Waals surface area contributed by atoms with Crippen LogP contribution in [0.15, 0.2) is 6.20 Å². The molecule has 1 saturated carbocycles. The molecule has 1 aromatic heterocycles. The molecule has 3 rings (SSSR count). The van der Waals surface area contributed by atoms with Gasteiger partial charge in [-0.25, -0.2) is 0 Å². The molecule has 0 unspecified atom stereocenters. The minimum atomic E-state index is -1.12. The molecule has 24 heavy (non-hydrogen) atoms. The Morgan fingerprint density at radius 2 is 2.12 bits per heavy atom. The number of aromatic amines is 1. The standard InChI is InChI=1S/C17H28N4O3/c1-15(2,3)4-5-16(23)8-12(9-16)14(22)21-7-6-17(24,11-21)13-10-18-20-19-13/h10,12,23-24H,4-9,11H2,1-3H3,(H,18,19,20)/t12?,16?,17-/m0/s1. The minimum Gasteiger partial charge on any atom is -0.390 e. The summed E-state index contributed by atoms with van der Waals surface area (Å²) < 4.78 is 0. The van der Waals surface area contributed by atoms with Crippen LogP contribution >= 0.6 is 0 Å². The maximum absolute atomic E-state index is 12.6. The van der Waals surface area contributed by atoms with Gasteiger partial charge in [0.2, 0.25) is 5.91 Å². The second kappa shape index (κ2) is 5.81. The van der Waals surface area contributed by atoms with Crippen LogP contribution in [0.25, 0.3) is 0 Å². The van der Waals surface area contributed by atoms with Crippen LogP contribution in [-0.2, 0) is 10.4 Å². The molecule has 0 radical (unpaired) electrons.